The number of hydrogen-bond acceptors (Lipinski definition) is 4. The summed E-state index contributed by atoms with van der Waals surface area (Å²) in [5.41, 5.74) is 6.65. The predicted molar refractivity (Wildman–Crippen MR) is 152 cm³/mol. The van der Waals surface area contributed by atoms with Gasteiger partial charge in [0, 0.05) is 18.1 Å². The molecule has 5 aliphatic carbocycles. The molecule has 9 rings (SSSR count). The average Bonchev–Trinajstić information content (AvgIpc) is 3.53. The maximum absolute atomic E-state index is 14.3. The predicted octanol–water partition coefficient (Wildman–Crippen LogP) is 5.17. The third-order valence-electron chi connectivity index (χ3n) is 10.8. The topological polar surface area (TPSA) is 78.8 Å². The highest BCUT2D eigenvalue weighted by Crippen LogP contribution is 2.66. The molecule has 6 heteroatoms. The van der Waals surface area contributed by atoms with Gasteiger partial charge in [-0.25, -0.2) is 10.3 Å². The van der Waals surface area contributed by atoms with Crippen molar-refractivity contribution in [2.45, 2.75) is 43.9 Å². The van der Waals surface area contributed by atoms with Gasteiger partial charge in [-0.1, -0.05) is 86.5 Å². The highest BCUT2D eigenvalue weighted by atomic mass is 16.2. The maximum atomic E-state index is 14.3. The highest BCUT2D eigenvalue weighted by molar-refractivity contribution is 6.25. The number of amides is 3. The first-order valence-corrected chi connectivity index (χ1v) is 14.4. The van der Waals surface area contributed by atoms with E-state index in [0.29, 0.717) is 11.6 Å². The molecular weight excluding hydrogens is 498 g/mol. The van der Waals surface area contributed by atoms with Crippen LogP contribution in [0.1, 0.15) is 60.8 Å². The fraction of sp³-hybridized carbons (Fsp3) is 0.353. The standard InChI is InChI=1S/C34H31N3O3/c1-33-18-10-9-17-25(33)28(33)30(38)36-35-19-34-23-15-7-5-13-21(23)26(22-14-6-8-16-24(22)34)27-29(34)32(40)37(31(27)39)20-11-3-2-4-12-20/h2-8,11-16,19,25-29H,9-10,17-18H2,1H3,(H,36,38)/b35-19+. The lowest BCUT2D eigenvalue weighted by molar-refractivity contribution is -0.124. The van der Waals surface area contributed by atoms with E-state index in [9.17, 15) is 14.4 Å². The van der Waals surface area contributed by atoms with Crippen molar-refractivity contribution in [2.75, 3.05) is 4.90 Å². The van der Waals surface area contributed by atoms with Crippen LogP contribution in [0.25, 0.3) is 0 Å². The Labute approximate surface area is 233 Å². The van der Waals surface area contributed by atoms with Crippen molar-refractivity contribution in [2.24, 2.45) is 34.2 Å². The summed E-state index contributed by atoms with van der Waals surface area (Å²) in [5.74, 6) is -1.44. The summed E-state index contributed by atoms with van der Waals surface area (Å²) in [7, 11) is 0. The second kappa shape index (κ2) is 8.23. The van der Waals surface area contributed by atoms with Crippen molar-refractivity contribution in [1.29, 1.82) is 0 Å². The molecule has 200 valence electrons. The monoisotopic (exact) mass is 529 g/mol. The van der Waals surface area contributed by atoms with Gasteiger partial charge in [0.05, 0.1) is 22.9 Å². The number of hydrogen-bond donors (Lipinski definition) is 1. The molecule has 0 radical (unpaired) electrons. The molecule has 1 saturated heterocycles. The van der Waals surface area contributed by atoms with Crippen LogP contribution in [0, 0.1) is 29.1 Å². The number of carbonyl (C=O) groups excluding carboxylic acids is 3. The molecule has 2 bridgehead atoms. The van der Waals surface area contributed by atoms with E-state index in [4.69, 9.17) is 0 Å². The zero-order valence-electron chi connectivity index (χ0n) is 22.4. The number of fused-ring (bicyclic) bond motifs is 1. The molecule has 0 aromatic heterocycles. The Kier molecular flexibility index (Phi) is 4.89. The van der Waals surface area contributed by atoms with Crippen LogP contribution in [0.15, 0.2) is 84.0 Å². The summed E-state index contributed by atoms with van der Waals surface area (Å²) in [6.07, 6.45) is 6.31. The van der Waals surface area contributed by atoms with Gasteiger partial charge < -0.3 is 0 Å². The molecule has 6 aliphatic rings. The van der Waals surface area contributed by atoms with Gasteiger partial charge in [-0.05, 0) is 58.6 Å². The Morgan fingerprint density at radius 1 is 0.900 bits per heavy atom. The van der Waals surface area contributed by atoms with E-state index in [-0.39, 0.29) is 35.0 Å². The lowest BCUT2D eigenvalue weighted by atomic mass is 9.47. The SMILES string of the molecule is CC12CCCCC1C2C(=O)N/N=C/C12c3ccccc3C(c3ccccc31)C1C(=O)N(c3ccccc3)C(=O)C12. The van der Waals surface area contributed by atoms with Crippen molar-refractivity contribution in [3.63, 3.8) is 0 Å². The Hall–Kier alpha value is -4.06. The highest BCUT2D eigenvalue weighted by Gasteiger charge is 2.68. The van der Waals surface area contributed by atoms with Gasteiger partial charge in [0.15, 0.2) is 0 Å². The van der Waals surface area contributed by atoms with Crippen molar-refractivity contribution in [3.05, 3.63) is 101 Å². The van der Waals surface area contributed by atoms with Gasteiger partial charge in [0.2, 0.25) is 17.7 Å². The van der Waals surface area contributed by atoms with Crippen molar-refractivity contribution in [1.82, 2.24) is 5.43 Å². The van der Waals surface area contributed by atoms with E-state index in [1.807, 2.05) is 54.6 Å². The third kappa shape index (κ3) is 2.89. The van der Waals surface area contributed by atoms with Crippen molar-refractivity contribution >= 4 is 29.6 Å². The molecule has 1 N–H and O–H groups in total. The van der Waals surface area contributed by atoms with E-state index in [2.05, 4.69) is 41.7 Å². The summed E-state index contributed by atoms with van der Waals surface area (Å²) < 4.78 is 0. The molecule has 1 heterocycles. The normalized spacial score (nSPS) is 34.7. The molecule has 3 amide bonds. The molecule has 3 fully saturated rings. The smallest absolute Gasteiger partial charge is 0.244 e. The van der Waals surface area contributed by atoms with Gasteiger partial charge in [-0.2, -0.15) is 5.10 Å². The largest absolute Gasteiger partial charge is 0.274 e. The van der Waals surface area contributed by atoms with Gasteiger partial charge in [0.1, 0.15) is 0 Å². The van der Waals surface area contributed by atoms with Crippen molar-refractivity contribution < 1.29 is 14.4 Å². The Balaban J connectivity index is 1.26. The molecule has 5 unspecified atom stereocenters. The van der Waals surface area contributed by atoms with E-state index in [0.717, 1.165) is 35.1 Å². The number of nitrogens with zero attached hydrogens (tertiary/aromatic N) is 2. The van der Waals surface area contributed by atoms with Crippen LogP contribution in [-0.4, -0.2) is 23.9 Å². The summed E-state index contributed by atoms with van der Waals surface area (Å²) in [6, 6.07) is 25.4. The van der Waals surface area contributed by atoms with Crippen LogP contribution < -0.4 is 10.3 Å². The second-order valence-electron chi connectivity index (χ2n) is 12.4. The number of hydrazone groups is 1. The van der Waals surface area contributed by atoms with Crippen LogP contribution in [0.5, 0.6) is 0 Å². The number of benzene rings is 3. The number of imide groups is 1. The Morgan fingerprint density at radius 2 is 1.55 bits per heavy atom. The Bertz CT molecular complexity index is 1570. The Morgan fingerprint density at radius 3 is 2.20 bits per heavy atom. The summed E-state index contributed by atoms with van der Waals surface area (Å²) in [6.45, 7) is 2.23. The third-order valence-corrected chi connectivity index (χ3v) is 10.8. The molecule has 6 nitrogen and oxygen atoms in total. The maximum Gasteiger partial charge on any atom is 0.244 e. The van der Waals surface area contributed by atoms with Crippen LogP contribution in [0.2, 0.25) is 0 Å². The van der Waals surface area contributed by atoms with E-state index >= 15 is 0 Å². The number of rotatable bonds is 4. The van der Waals surface area contributed by atoms with Crippen LogP contribution in [0.4, 0.5) is 5.69 Å². The summed E-state index contributed by atoms with van der Waals surface area (Å²) in [4.78, 5) is 43.2. The molecule has 3 aromatic rings. The van der Waals surface area contributed by atoms with E-state index < -0.39 is 17.3 Å². The number of carbonyl (C=O) groups is 3. The first-order chi connectivity index (χ1) is 19.5. The lowest BCUT2D eigenvalue weighted by Crippen LogP contribution is -2.54. The van der Waals surface area contributed by atoms with E-state index in [1.54, 1.807) is 6.21 Å². The molecule has 5 atom stereocenters. The minimum Gasteiger partial charge on any atom is -0.274 e. The minimum absolute atomic E-state index is 0.0117. The number of nitrogens with one attached hydrogen (secondary N) is 1. The lowest BCUT2D eigenvalue weighted by Gasteiger charge is -2.52. The molecule has 40 heavy (non-hydrogen) atoms. The van der Waals surface area contributed by atoms with E-state index in [1.165, 1.54) is 17.7 Å². The second-order valence-corrected chi connectivity index (χ2v) is 12.4. The first-order valence-electron chi connectivity index (χ1n) is 14.4. The van der Waals surface area contributed by atoms with Crippen LogP contribution in [-0.2, 0) is 19.8 Å². The van der Waals surface area contributed by atoms with Crippen LogP contribution in [0.3, 0.4) is 0 Å². The number of anilines is 1. The molecule has 3 aromatic carbocycles. The fourth-order valence-electron chi connectivity index (χ4n) is 9.00. The first kappa shape index (κ1) is 23.8. The van der Waals surface area contributed by atoms with Gasteiger partial charge in [0.25, 0.3) is 0 Å². The van der Waals surface area contributed by atoms with Crippen molar-refractivity contribution in [3.8, 4) is 0 Å². The molecule has 0 spiro atoms. The quantitative estimate of drug-likeness (QED) is 0.288. The fourth-order valence-corrected chi connectivity index (χ4v) is 9.00. The summed E-state index contributed by atoms with van der Waals surface area (Å²) >= 11 is 0. The summed E-state index contributed by atoms with van der Waals surface area (Å²) in [5, 5.41) is 4.62. The zero-order valence-corrected chi connectivity index (χ0v) is 22.4. The zero-order chi connectivity index (χ0) is 27.2. The average molecular weight is 530 g/mol. The molecule has 2 saturated carbocycles. The molecular formula is C34H31N3O3. The van der Waals surface area contributed by atoms with Crippen LogP contribution >= 0.6 is 0 Å². The molecule has 1 aliphatic heterocycles. The van der Waals surface area contributed by atoms with Gasteiger partial charge in [-0.3, -0.25) is 14.4 Å². The van der Waals surface area contributed by atoms with Gasteiger partial charge >= 0.3 is 0 Å². The number of para-hydroxylation sites is 1. The minimum atomic E-state index is -0.976. The van der Waals surface area contributed by atoms with Gasteiger partial charge in [-0.15, -0.1) is 0 Å².